The number of fused-ring (bicyclic) bond motifs is 1. The molecule has 2 aromatic rings. The number of nitrogens with one attached hydrogen (secondary N) is 1. The zero-order chi connectivity index (χ0) is 22.7. The van der Waals surface area contributed by atoms with Crippen molar-refractivity contribution in [1.82, 2.24) is 4.90 Å². The highest BCUT2D eigenvalue weighted by atomic mass is 16.6. The summed E-state index contributed by atoms with van der Waals surface area (Å²) < 4.78 is 5.10. The molecule has 9 heteroatoms. The van der Waals surface area contributed by atoms with Gasteiger partial charge in [0.25, 0.3) is 0 Å². The van der Waals surface area contributed by atoms with Gasteiger partial charge in [-0.15, -0.1) is 0 Å². The van der Waals surface area contributed by atoms with Gasteiger partial charge in [-0.05, 0) is 30.7 Å². The van der Waals surface area contributed by atoms with Crippen molar-refractivity contribution in [2.75, 3.05) is 37.0 Å². The lowest BCUT2D eigenvalue weighted by molar-refractivity contribution is -0.144. The molecule has 0 saturated carbocycles. The molecule has 0 aromatic heterocycles. The second-order valence-electron chi connectivity index (χ2n) is 7.73. The third-order valence-electron chi connectivity index (χ3n) is 5.53. The molecule has 0 unspecified atom stereocenters. The molecule has 0 aliphatic carbocycles. The van der Waals surface area contributed by atoms with E-state index in [0.717, 1.165) is 16.8 Å². The molecule has 1 saturated heterocycles. The Kier molecular flexibility index (Phi) is 6.07. The van der Waals surface area contributed by atoms with E-state index in [-0.39, 0.29) is 18.4 Å². The number of benzene rings is 2. The Labute approximate surface area is 185 Å². The minimum Gasteiger partial charge on any atom is -0.426 e. The van der Waals surface area contributed by atoms with Crippen LogP contribution in [0.5, 0.6) is 5.75 Å². The van der Waals surface area contributed by atoms with E-state index in [1.807, 2.05) is 31.2 Å². The van der Waals surface area contributed by atoms with Gasteiger partial charge in [-0.2, -0.15) is 0 Å². The molecule has 2 heterocycles. The summed E-state index contributed by atoms with van der Waals surface area (Å²) in [5.74, 6) is -1.21. The third kappa shape index (κ3) is 4.56. The Bertz CT molecular complexity index is 1070. The number of anilines is 2. The van der Waals surface area contributed by atoms with Gasteiger partial charge in [0.15, 0.2) is 0 Å². The minimum absolute atomic E-state index is 0.141. The normalized spacial score (nSPS) is 17.8. The molecule has 1 N–H and O–H groups in total. The fourth-order valence-corrected chi connectivity index (χ4v) is 3.88. The number of rotatable bonds is 4. The maximum atomic E-state index is 12.8. The first-order chi connectivity index (χ1) is 15.4. The molecule has 2 aliphatic rings. The summed E-state index contributed by atoms with van der Waals surface area (Å²) in [4.78, 5) is 45.2. The maximum absolute atomic E-state index is 12.8. The van der Waals surface area contributed by atoms with Crippen molar-refractivity contribution in [3.8, 4) is 5.75 Å². The van der Waals surface area contributed by atoms with Gasteiger partial charge in [0.2, 0.25) is 0 Å². The Morgan fingerprint density at radius 1 is 1.19 bits per heavy atom. The predicted octanol–water partition coefficient (Wildman–Crippen LogP) is 1.80. The average molecular weight is 436 g/mol. The molecular formula is C23H24N4O5. The van der Waals surface area contributed by atoms with E-state index in [1.54, 1.807) is 29.3 Å². The zero-order valence-electron chi connectivity index (χ0n) is 17.9. The Morgan fingerprint density at radius 3 is 2.69 bits per heavy atom. The SMILES string of the molecule is CO/N=C/c1ccc(N2CCN(C(=O)C(=O)Nc3ccc4c(c3)OC(=O)C4)[C@H](C)C2)cc1. The monoisotopic (exact) mass is 436 g/mol. The number of esters is 1. The Balaban J connectivity index is 1.35. The highest BCUT2D eigenvalue weighted by Gasteiger charge is 2.31. The van der Waals surface area contributed by atoms with Crippen molar-refractivity contribution < 1.29 is 24.0 Å². The summed E-state index contributed by atoms with van der Waals surface area (Å²) in [7, 11) is 1.50. The second-order valence-corrected chi connectivity index (χ2v) is 7.73. The van der Waals surface area contributed by atoms with Crippen LogP contribution in [-0.2, 0) is 25.6 Å². The van der Waals surface area contributed by atoms with Crippen LogP contribution in [0.1, 0.15) is 18.1 Å². The second kappa shape index (κ2) is 9.09. The lowest BCUT2D eigenvalue weighted by Gasteiger charge is -2.40. The summed E-state index contributed by atoms with van der Waals surface area (Å²) in [6.45, 7) is 3.58. The van der Waals surface area contributed by atoms with Crippen LogP contribution in [0, 0.1) is 0 Å². The molecule has 2 aliphatic heterocycles. The topological polar surface area (TPSA) is 101 Å². The highest BCUT2D eigenvalue weighted by molar-refractivity contribution is 6.39. The van der Waals surface area contributed by atoms with Crippen molar-refractivity contribution in [3.63, 3.8) is 0 Å². The lowest BCUT2D eigenvalue weighted by Crippen LogP contribution is -2.56. The van der Waals surface area contributed by atoms with E-state index in [1.165, 1.54) is 7.11 Å². The van der Waals surface area contributed by atoms with Gasteiger partial charge in [0, 0.05) is 48.7 Å². The molecule has 1 atom stereocenters. The number of oxime groups is 1. The summed E-state index contributed by atoms with van der Waals surface area (Å²) >= 11 is 0. The lowest BCUT2D eigenvalue weighted by atomic mass is 10.1. The van der Waals surface area contributed by atoms with Gasteiger partial charge in [0.1, 0.15) is 12.9 Å². The molecule has 32 heavy (non-hydrogen) atoms. The Hall–Kier alpha value is -3.88. The van der Waals surface area contributed by atoms with Crippen LogP contribution in [0.3, 0.4) is 0 Å². The molecular weight excluding hydrogens is 412 g/mol. The highest BCUT2D eigenvalue weighted by Crippen LogP contribution is 2.29. The van der Waals surface area contributed by atoms with E-state index in [4.69, 9.17) is 9.57 Å². The number of carbonyl (C=O) groups is 3. The van der Waals surface area contributed by atoms with Gasteiger partial charge in [-0.25, -0.2) is 0 Å². The third-order valence-corrected chi connectivity index (χ3v) is 5.53. The fourth-order valence-electron chi connectivity index (χ4n) is 3.88. The van der Waals surface area contributed by atoms with Gasteiger partial charge >= 0.3 is 17.8 Å². The average Bonchev–Trinajstić information content (AvgIpc) is 3.16. The predicted molar refractivity (Wildman–Crippen MR) is 119 cm³/mol. The van der Waals surface area contributed by atoms with Gasteiger partial charge in [0.05, 0.1) is 12.6 Å². The Morgan fingerprint density at radius 2 is 1.97 bits per heavy atom. The maximum Gasteiger partial charge on any atom is 0.315 e. The quantitative estimate of drug-likeness (QED) is 0.258. The van der Waals surface area contributed by atoms with E-state index in [2.05, 4.69) is 15.4 Å². The number of piperazine rings is 1. The van der Waals surface area contributed by atoms with Crippen LogP contribution in [0.25, 0.3) is 0 Å². The molecule has 166 valence electrons. The van der Waals surface area contributed by atoms with Gasteiger partial charge in [-0.1, -0.05) is 23.4 Å². The first-order valence-corrected chi connectivity index (χ1v) is 10.3. The summed E-state index contributed by atoms with van der Waals surface area (Å²) in [5.41, 5.74) is 3.15. The van der Waals surface area contributed by atoms with Gasteiger partial charge in [-0.3, -0.25) is 14.4 Å². The number of hydrogen-bond acceptors (Lipinski definition) is 7. The van der Waals surface area contributed by atoms with Crippen LogP contribution in [0.4, 0.5) is 11.4 Å². The summed E-state index contributed by atoms with van der Waals surface area (Å²) in [5, 5.41) is 6.36. The van der Waals surface area contributed by atoms with Crippen molar-refractivity contribution in [3.05, 3.63) is 53.6 Å². The fraction of sp³-hybridized carbons (Fsp3) is 0.304. The van der Waals surface area contributed by atoms with Crippen LogP contribution in [0.2, 0.25) is 0 Å². The largest absolute Gasteiger partial charge is 0.426 e. The smallest absolute Gasteiger partial charge is 0.315 e. The van der Waals surface area contributed by atoms with Gasteiger partial charge < -0.3 is 24.7 Å². The number of ether oxygens (including phenoxy) is 1. The molecule has 9 nitrogen and oxygen atoms in total. The minimum atomic E-state index is -0.712. The number of nitrogens with zero attached hydrogens (tertiary/aromatic N) is 3. The first kappa shape index (κ1) is 21.4. The molecule has 4 rings (SSSR count). The standard InChI is InChI=1S/C23H24N4O5/c1-15-14-26(19-7-3-16(4-8-19)13-24-31-2)9-10-27(15)23(30)22(29)25-18-6-5-17-11-21(28)32-20(17)12-18/h3-8,12-13,15H,9-11,14H2,1-2H3,(H,25,29)/b24-13+/t15-/m1/s1. The van der Waals surface area contributed by atoms with E-state index >= 15 is 0 Å². The van der Waals surface area contributed by atoms with Crippen molar-refractivity contribution in [2.24, 2.45) is 5.16 Å². The molecule has 2 aromatic carbocycles. The van der Waals surface area contributed by atoms with Crippen molar-refractivity contribution in [1.29, 1.82) is 0 Å². The number of carbonyl (C=O) groups excluding carboxylic acids is 3. The summed E-state index contributed by atoms with van der Waals surface area (Å²) in [6, 6.07) is 12.7. The van der Waals surface area contributed by atoms with E-state index < -0.39 is 11.8 Å². The first-order valence-electron chi connectivity index (χ1n) is 10.3. The van der Waals surface area contributed by atoms with E-state index in [9.17, 15) is 14.4 Å². The zero-order valence-corrected chi connectivity index (χ0v) is 17.9. The molecule has 1 fully saturated rings. The van der Waals surface area contributed by atoms with Crippen LogP contribution in [0.15, 0.2) is 47.6 Å². The molecule has 2 amide bonds. The summed E-state index contributed by atoms with van der Waals surface area (Å²) in [6.07, 6.45) is 1.85. The molecule has 0 bridgehead atoms. The van der Waals surface area contributed by atoms with Crippen LogP contribution < -0.4 is 15.0 Å². The van der Waals surface area contributed by atoms with Crippen LogP contribution in [-0.4, -0.2) is 61.7 Å². The van der Waals surface area contributed by atoms with Crippen molar-refractivity contribution in [2.45, 2.75) is 19.4 Å². The number of amides is 2. The van der Waals surface area contributed by atoms with E-state index in [0.29, 0.717) is 31.1 Å². The molecule has 0 radical (unpaired) electrons. The van der Waals surface area contributed by atoms with Crippen molar-refractivity contribution >= 4 is 35.4 Å². The molecule has 0 spiro atoms. The van der Waals surface area contributed by atoms with Crippen LogP contribution >= 0.6 is 0 Å². The number of hydrogen-bond donors (Lipinski definition) is 1.